The quantitative estimate of drug-likeness (QED) is 0.889. The van der Waals surface area contributed by atoms with Gasteiger partial charge >= 0.3 is 18.2 Å². The van der Waals surface area contributed by atoms with Crippen LogP contribution in [0.4, 0.5) is 23.7 Å². The van der Waals surface area contributed by atoms with Crippen LogP contribution in [0.5, 0.6) is 0 Å². The number of carboxylic acid groups (broad SMARTS) is 1. The molecule has 0 aliphatic rings. The van der Waals surface area contributed by atoms with Crippen LogP contribution in [0.25, 0.3) is 0 Å². The Labute approximate surface area is 104 Å². The second-order valence-electron chi connectivity index (χ2n) is 3.31. The van der Waals surface area contributed by atoms with E-state index in [1.54, 1.807) is 5.38 Å². The van der Waals surface area contributed by atoms with Gasteiger partial charge in [0.1, 0.15) is 13.1 Å². The Morgan fingerprint density at radius 3 is 2.56 bits per heavy atom. The molecule has 1 aromatic heterocycles. The highest BCUT2D eigenvalue weighted by molar-refractivity contribution is 7.08. The molecule has 0 saturated carbocycles. The standard InChI is InChI=1S/C9H9F3N2O3S/c10-9(11,12)5-14(3-7(15)16)8(17)13-6-1-2-18-4-6/h1-2,4H,3,5H2,(H,13,17)(H,15,16). The molecule has 0 aliphatic heterocycles. The Kier molecular flexibility index (Phi) is 4.54. The van der Waals surface area contributed by atoms with E-state index in [-0.39, 0.29) is 4.90 Å². The number of hydrogen-bond acceptors (Lipinski definition) is 3. The number of nitrogens with zero attached hydrogens (tertiary/aromatic N) is 1. The Morgan fingerprint density at radius 1 is 1.44 bits per heavy atom. The van der Waals surface area contributed by atoms with Crippen molar-refractivity contribution in [1.29, 1.82) is 0 Å². The van der Waals surface area contributed by atoms with Gasteiger partial charge in [0.25, 0.3) is 0 Å². The highest BCUT2D eigenvalue weighted by Crippen LogP contribution is 2.18. The summed E-state index contributed by atoms with van der Waals surface area (Å²) in [5.41, 5.74) is 0.322. The Morgan fingerprint density at radius 2 is 2.11 bits per heavy atom. The van der Waals surface area contributed by atoms with Crippen LogP contribution in [-0.2, 0) is 4.79 Å². The van der Waals surface area contributed by atoms with Crippen molar-refractivity contribution in [2.24, 2.45) is 0 Å². The molecule has 0 aliphatic carbocycles. The number of urea groups is 1. The van der Waals surface area contributed by atoms with Gasteiger partial charge in [-0.15, -0.1) is 0 Å². The Bertz CT molecular complexity index is 419. The minimum atomic E-state index is -4.65. The number of anilines is 1. The molecule has 2 N–H and O–H groups in total. The lowest BCUT2D eigenvalue weighted by atomic mass is 10.4. The molecular weight excluding hydrogens is 273 g/mol. The van der Waals surface area contributed by atoms with E-state index >= 15 is 0 Å². The van der Waals surface area contributed by atoms with E-state index in [1.807, 2.05) is 0 Å². The average molecular weight is 282 g/mol. The summed E-state index contributed by atoms with van der Waals surface area (Å²) in [6.07, 6.45) is -4.65. The maximum absolute atomic E-state index is 12.2. The zero-order chi connectivity index (χ0) is 13.8. The molecule has 1 aromatic rings. The van der Waals surface area contributed by atoms with Gasteiger partial charge in [-0.05, 0) is 11.4 Å². The van der Waals surface area contributed by atoms with Gasteiger partial charge in [0.15, 0.2) is 0 Å². The van der Waals surface area contributed by atoms with Crippen molar-refractivity contribution >= 4 is 29.0 Å². The van der Waals surface area contributed by atoms with E-state index in [9.17, 15) is 22.8 Å². The number of carbonyl (C=O) groups excluding carboxylic acids is 1. The van der Waals surface area contributed by atoms with Crippen molar-refractivity contribution in [1.82, 2.24) is 4.90 Å². The van der Waals surface area contributed by atoms with Crippen LogP contribution in [0.2, 0.25) is 0 Å². The third-order valence-corrected chi connectivity index (χ3v) is 2.44. The molecule has 5 nitrogen and oxygen atoms in total. The maximum atomic E-state index is 12.2. The summed E-state index contributed by atoms with van der Waals surface area (Å²) in [4.78, 5) is 22.1. The van der Waals surface area contributed by atoms with E-state index in [2.05, 4.69) is 5.32 Å². The number of amides is 2. The molecule has 0 radical (unpaired) electrons. The second-order valence-corrected chi connectivity index (χ2v) is 4.09. The summed E-state index contributed by atoms with van der Waals surface area (Å²) in [7, 11) is 0. The van der Waals surface area contributed by atoms with Gasteiger partial charge in [0.05, 0.1) is 5.69 Å². The molecule has 0 unspecified atom stereocenters. The summed E-state index contributed by atoms with van der Waals surface area (Å²) >= 11 is 1.25. The summed E-state index contributed by atoms with van der Waals surface area (Å²) in [6.45, 7) is -2.63. The fourth-order valence-corrected chi connectivity index (χ4v) is 1.71. The molecule has 18 heavy (non-hydrogen) atoms. The topological polar surface area (TPSA) is 69.6 Å². The van der Waals surface area contributed by atoms with Crippen LogP contribution in [0, 0.1) is 0 Å². The predicted molar refractivity (Wildman–Crippen MR) is 58.6 cm³/mol. The fraction of sp³-hybridized carbons (Fsp3) is 0.333. The highest BCUT2D eigenvalue weighted by atomic mass is 32.1. The number of hydrogen-bond donors (Lipinski definition) is 2. The third-order valence-electron chi connectivity index (χ3n) is 1.76. The lowest BCUT2D eigenvalue weighted by Gasteiger charge is -2.22. The monoisotopic (exact) mass is 282 g/mol. The molecule has 2 amide bonds. The molecule has 0 spiro atoms. The van der Waals surface area contributed by atoms with Gasteiger partial charge in [-0.1, -0.05) is 0 Å². The van der Waals surface area contributed by atoms with Crippen molar-refractivity contribution in [2.45, 2.75) is 6.18 Å². The van der Waals surface area contributed by atoms with Crippen LogP contribution >= 0.6 is 11.3 Å². The van der Waals surface area contributed by atoms with E-state index in [0.717, 1.165) is 0 Å². The van der Waals surface area contributed by atoms with Crippen molar-refractivity contribution in [2.75, 3.05) is 18.4 Å². The zero-order valence-electron chi connectivity index (χ0n) is 8.90. The van der Waals surface area contributed by atoms with E-state index < -0.39 is 31.3 Å². The first kappa shape index (κ1) is 14.3. The van der Waals surface area contributed by atoms with Crippen molar-refractivity contribution in [3.8, 4) is 0 Å². The van der Waals surface area contributed by atoms with E-state index in [1.165, 1.54) is 22.8 Å². The minimum Gasteiger partial charge on any atom is -0.480 e. The number of carbonyl (C=O) groups is 2. The lowest BCUT2D eigenvalue weighted by Crippen LogP contribution is -2.44. The Hall–Kier alpha value is -1.77. The van der Waals surface area contributed by atoms with Gasteiger partial charge in [-0.3, -0.25) is 4.79 Å². The number of rotatable bonds is 4. The first-order valence-electron chi connectivity index (χ1n) is 4.64. The SMILES string of the molecule is O=C(O)CN(CC(F)(F)F)C(=O)Nc1ccsc1. The summed E-state index contributed by atoms with van der Waals surface area (Å²) < 4.78 is 36.5. The minimum absolute atomic E-state index is 0.181. The molecule has 9 heteroatoms. The molecule has 0 fully saturated rings. The number of nitrogens with one attached hydrogen (secondary N) is 1. The zero-order valence-corrected chi connectivity index (χ0v) is 9.72. The number of thiophene rings is 1. The van der Waals surface area contributed by atoms with Gasteiger partial charge in [0.2, 0.25) is 0 Å². The molecule has 100 valence electrons. The van der Waals surface area contributed by atoms with Gasteiger partial charge in [-0.25, -0.2) is 4.79 Å². The molecule has 0 saturated heterocycles. The van der Waals surface area contributed by atoms with Crippen molar-refractivity contribution in [3.63, 3.8) is 0 Å². The van der Waals surface area contributed by atoms with Crippen molar-refractivity contribution in [3.05, 3.63) is 16.8 Å². The number of aliphatic carboxylic acids is 1. The summed E-state index contributed by atoms with van der Waals surface area (Å²) in [6, 6.07) is 0.392. The fourth-order valence-electron chi connectivity index (χ4n) is 1.12. The van der Waals surface area contributed by atoms with Crippen LogP contribution in [0.15, 0.2) is 16.8 Å². The van der Waals surface area contributed by atoms with Gasteiger partial charge < -0.3 is 15.3 Å². The van der Waals surface area contributed by atoms with Crippen LogP contribution < -0.4 is 5.32 Å². The first-order valence-corrected chi connectivity index (χ1v) is 5.59. The smallest absolute Gasteiger partial charge is 0.406 e. The van der Waals surface area contributed by atoms with E-state index in [4.69, 9.17) is 5.11 Å². The van der Waals surface area contributed by atoms with Crippen LogP contribution in [0.3, 0.4) is 0 Å². The van der Waals surface area contributed by atoms with E-state index in [0.29, 0.717) is 5.69 Å². The maximum Gasteiger partial charge on any atom is 0.406 e. The van der Waals surface area contributed by atoms with Gasteiger partial charge in [-0.2, -0.15) is 24.5 Å². The second kappa shape index (κ2) is 5.71. The average Bonchev–Trinajstić information content (AvgIpc) is 2.66. The molecular formula is C9H9F3N2O3S. The normalized spacial score (nSPS) is 11.1. The highest BCUT2D eigenvalue weighted by Gasteiger charge is 2.34. The predicted octanol–water partition coefficient (Wildman–Crippen LogP) is 2.23. The number of carboxylic acids is 1. The number of alkyl halides is 3. The molecule has 0 atom stereocenters. The Balaban J connectivity index is 2.69. The molecule has 0 bridgehead atoms. The molecule has 1 heterocycles. The largest absolute Gasteiger partial charge is 0.480 e. The summed E-state index contributed by atoms with van der Waals surface area (Å²) in [5.74, 6) is -1.51. The molecule has 0 aromatic carbocycles. The number of halogens is 3. The van der Waals surface area contributed by atoms with Crippen LogP contribution in [-0.4, -0.2) is 41.3 Å². The van der Waals surface area contributed by atoms with Crippen molar-refractivity contribution < 1.29 is 27.9 Å². The van der Waals surface area contributed by atoms with Gasteiger partial charge in [0, 0.05) is 5.38 Å². The first-order chi connectivity index (χ1) is 8.28. The lowest BCUT2D eigenvalue weighted by molar-refractivity contribution is -0.148. The van der Waals surface area contributed by atoms with Crippen LogP contribution in [0.1, 0.15) is 0 Å². The third kappa shape index (κ3) is 5.04. The summed E-state index contributed by atoms with van der Waals surface area (Å²) in [5, 5.41) is 13.8. The molecule has 1 rings (SSSR count).